The Balaban J connectivity index is 2.14. The fourth-order valence-electron chi connectivity index (χ4n) is 4.24. The maximum Gasteiger partial charge on any atom is 0.148 e. The molecule has 1 aromatic heterocycles. The third-order valence-corrected chi connectivity index (χ3v) is 6.22. The van der Waals surface area contributed by atoms with E-state index >= 15 is 0 Å². The molecule has 3 rings (SSSR count). The third-order valence-electron chi connectivity index (χ3n) is 5.86. The average Bonchev–Trinajstić information content (AvgIpc) is 3.11. The van der Waals surface area contributed by atoms with Gasteiger partial charge in [-0.3, -0.25) is 9.48 Å². The van der Waals surface area contributed by atoms with Crippen molar-refractivity contribution in [2.75, 3.05) is 0 Å². The van der Waals surface area contributed by atoms with Gasteiger partial charge in [0.05, 0.1) is 11.1 Å². The molecule has 0 radical (unpaired) electrons. The van der Waals surface area contributed by atoms with E-state index in [1.165, 1.54) is 6.07 Å². The summed E-state index contributed by atoms with van der Waals surface area (Å²) in [5.74, 6) is -0.217. The van der Waals surface area contributed by atoms with Crippen molar-refractivity contribution in [3.63, 3.8) is 0 Å². The number of benzene rings is 1. The second-order valence-corrected chi connectivity index (χ2v) is 9.13. The molecule has 1 aliphatic carbocycles. The zero-order valence-corrected chi connectivity index (χ0v) is 20.2. The zero-order chi connectivity index (χ0) is 23.6. The summed E-state index contributed by atoms with van der Waals surface area (Å²) in [6.07, 6.45) is 6.92. The van der Waals surface area contributed by atoms with Gasteiger partial charge in [-0.05, 0) is 37.0 Å². The first kappa shape index (κ1) is 24.0. The number of hydrogen-bond donors (Lipinski definition) is 0. The topological polar surface area (TPSA) is 38.1 Å². The van der Waals surface area contributed by atoms with Gasteiger partial charge in [-0.2, -0.15) is 5.10 Å². The SMILES string of the molecule is C=C(c1ccc(CCC)c(F)c1)N(C1=Cc2cn(C)nc2C(Cl)C1)/C(C)=C(/C=O)C(C)C. The number of carbonyl (C=O) groups excluding carboxylic acids is 1. The molecule has 6 heteroatoms. The summed E-state index contributed by atoms with van der Waals surface area (Å²) >= 11 is 6.69. The van der Waals surface area contributed by atoms with Gasteiger partial charge in [-0.25, -0.2) is 4.39 Å². The van der Waals surface area contributed by atoms with Crippen LogP contribution in [0.4, 0.5) is 4.39 Å². The fraction of sp³-hybridized carbons (Fsp3) is 0.385. The first-order chi connectivity index (χ1) is 15.2. The Morgan fingerprint density at radius 1 is 1.44 bits per heavy atom. The van der Waals surface area contributed by atoms with Crippen molar-refractivity contribution < 1.29 is 9.18 Å². The Hall–Kier alpha value is -2.66. The van der Waals surface area contributed by atoms with Crippen molar-refractivity contribution in [3.8, 4) is 0 Å². The van der Waals surface area contributed by atoms with E-state index < -0.39 is 0 Å². The van der Waals surface area contributed by atoms with Crippen LogP contribution in [0.25, 0.3) is 11.8 Å². The minimum absolute atomic E-state index is 0.0245. The van der Waals surface area contributed by atoms with Gasteiger partial charge in [0.2, 0.25) is 0 Å². The summed E-state index contributed by atoms with van der Waals surface area (Å²) in [4.78, 5) is 13.9. The minimum Gasteiger partial charge on any atom is -0.318 e. The molecule has 0 fully saturated rings. The maximum absolute atomic E-state index is 14.7. The van der Waals surface area contributed by atoms with Gasteiger partial charge < -0.3 is 4.90 Å². The molecule has 0 saturated carbocycles. The lowest BCUT2D eigenvalue weighted by Crippen LogP contribution is -2.24. The van der Waals surface area contributed by atoms with Gasteiger partial charge in [0.1, 0.15) is 12.1 Å². The molecule has 2 aromatic rings. The van der Waals surface area contributed by atoms with Crippen molar-refractivity contribution in [1.29, 1.82) is 0 Å². The lowest BCUT2D eigenvalue weighted by Gasteiger charge is -2.34. The zero-order valence-electron chi connectivity index (χ0n) is 19.5. The van der Waals surface area contributed by atoms with Crippen LogP contribution in [0, 0.1) is 11.7 Å². The monoisotopic (exact) mass is 455 g/mol. The molecule has 4 nitrogen and oxygen atoms in total. The minimum atomic E-state index is -0.309. The number of nitrogens with zero attached hydrogens (tertiary/aromatic N) is 3. The average molecular weight is 456 g/mol. The number of aryl methyl sites for hydroxylation is 2. The van der Waals surface area contributed by atoms with Gasteiger partial charge in [0.15, 0.2) is 0 Å². The molecule has 170 valence electrons. The van der Waals surface area contributed by atoms with Crippen LogP contribution >= 0.6 is 11.6 Å². The number of carbonyl (C=O) groups is 1. The third kappa shape index (κ3) is 4.73. The highest BCUT2D eigenvalue weighted by Crippen LogP contribution is 2.41. The van der Waals surface area contributed by atoms with Gasteiger partial charge >= 0.3 is 0 Å². The van der Waals surface area contributed by atoms with Crippen LogP contribution in [-0.4, -0.2) is 21.0 Å². The van der Waals surface area contributed by atoms with Crippen LogP contribution in [0.3, 0.4) is 0 Å². The fourth-order valence-corrected chi connectivity index (χ4v) is 4.57. The second kappa shape index (κ2) is 9.86. The Bertz CT molecular complexity index is 1100. The van der Waals surface area contributed by atoms with E-state index in [-0.39, 0.29) is 17.1 Å². The molecular formula is C26H31ClFN3O. The highest BCUT2D eigenvalue weighted by atomic mass is 35.5. The summed E-state index contributed by atoms with van der Waals surface area (Å²) in [5, 5.41) is 4.16. The predicted octanol–water partition coefficient (Wildman–Crippen LogP) is 6.64. The molecule has 0 bridgehead atoms. The first-order valence-electron chi connectivity index (χ1n) is 11.0. The van der Waals surface area contributed by atoms with E-state index in [9.17, 15) is 9.18 Å². The highest BCUT2D eigenvalue weighted by molar-refractivity contribution is 6.21. The molecule has 0 amide bonds. The largest absolute Gasteiger partial charge is 0.318 e. The Morgan fingerprint density at radius 3 is 2.75 bits per heavy atom. The van der Waals surface area contributed by atoms with Crippen LogP contribution < -0.4 is 0 Å². The molecule has 0 aliphatic heterocycles. The molecule has 0 saturated heterocycles. The molecule has 1 unspecified atom stereocenters. The predicted molar refractivity (Wildman–Crippen MR) is 129 cm³/mol. The standard InChI is InChI=1S/C26H31ClFN3O/c1-7-8-19-9-10-20(12-25(19)28)17(4)31(18(5)23(15-32)16(2)3)22-11-21-14-30(6)29-26(21)24(27)13-22/h9-12,14-16,24H,4,7-8,13H2,1-3,5-6H3/b23-18-. The summed E-state index contributed by atoms with van der Waals surface area (Å²) < 4.78 is 16.5. The van der Waals surface area contributed by atoms with E-state index in [4.69, 9.17) is 11.6 Å². The van der Waals surface area contributed by atoms with Crippen molar-refractivity contribution in [1.82, 2.24) is 14.7 Å². The van der Waals surface area contributed by atoms with Crippen LogP contribution in [-0.2, 0) is 18.3 Å². The quantitative estimate of drug-likeness (QED) is 0.254. The highest BCUT2D eigenvalue weighted by Gasteiger charge is 2.29. The normalized spacial score (nSPS) is 16.4. The summed E-state index contributed by atoms with van der Waals surface area (Å²) in [6.45, 7) is 12.2. The summed E-state index contributed by atoms with van der Waals surface area (Å²) in [6, 6.07) is 5.24. The van der Waals surface area contributed by atoms with Gasteiger partial charge in [-0.1, -0.05) is 45.9 Å². The number of hydrogen-bond acceptors (Lipinski definition) is 3. The number of fused-ring (bicyclic) bond motifs is 1. The van der Waals surface area contributed by atoms with E-state index in [2.05, 4.69) is 11.7 Å². The summed E-state index contributed by atoms with van der Waals surface area (Å²) in [5.41, 5.74) is 6.05. The van der Waals surface area contributed by atoms with Crippen molar-refractivity contribution in [2.24, 2.45) is 13.0 Å². The van der Waals surface area contributed by atoms with Crippen molar-refractivity contribution in [3.05, 3.63) is 76.1 Å². The smallest absolute Gasteiger partial charge is 0.148 e. The molecule has 1 heterocycles. The van der Waals surface area contributed by atoms with Gasteiger partial charge in [-0.15, -0.1) is 11.6 Å². The van der Waals surface area contributed by atoms with E-state index in [0.29, 0.717) is 35.2 Å². The maximum atomic E-state index is 14.7. The molecule has 0 N–H and O–H groups in total. The molecule has 1 aromatic carbocycles. The van der Waals surface area contributed by atoms with Crippen molar-refractivity contribution >= 4 is 29.7 Å². The summed E-state index contributed by atoms with van der Waals surface area (Å²) in [7, 11) is 1.86. The van der Waals surface area contributed by atoms with Crippen LogP contribution in [0.15, 0.2) is 47.9 Å². The second-order valence-electron chi connectivity index (χ2n) is 8.60. The van der Waals surface area contributed by atoms with Crippen LogP contribution in [0.2, 0.25) is 0 Å². The van der Waals surface area contributed by atoms with Crippen LogP contribution in [0.1, 0.15) is 68.3 Å². The van der Waals surface area contributed by atoms with E-state index in [1.54, 1.807) is 4.68 Å². The number of allylic oxidation sites excluding steroid dienone is 3. The Labute approximate surface area is 195 Å². The molecule has 1 aliphatic rings. The lowest BCUT2D eigenvalue weighted by atomic mass is 9.96. The van der Waals surface area contributed by atoms with Crippen molar-refractivity contribution in [2.45, 2.75) is 52.3 Å². The Morgan fingerprint density at radius 2 is 2.16 bits per heavy atom. The van der Waals surface area contributed by atoms with Gasteiger partial charge in [0.25, 0.3) is 0 Å². The number of alkyl halides is 1. The number of aldehydes is 1. The Kier molecular flexibility index (Phi) is 7.40. The molecule has 0 spiro atoms. The number of aromatic nitrogens is 2. The van der Waals surface area contributed by atoms with E-state index in [1.807, 2.05) is 64.0 Å². The molecule has 1 atom stereocenters. The molecule has 32 heavy (non-hydrogen) atoms. The number of halogens is 2. The number of rotatable bonds is 8. The van der Waals surface area contributed by atoms with Gasteiger partial charge in [0, 0.05) is 53.5 Å². The van der Waals surface area contributed by atoms with Crippen LogP contribution in [0.5, 0.6) is 0 Å². The first-order valence-corrected chi connectivity index (χ1v) is 11.4. The molecular weight excluding hydrogens is 425 g/mol. The lowest BCUT2D eigenvalue weighted by molar-refractivity contribution is -0.105. The van der Waals surface area contributed by atoms with E-state index in [0.717, 1.165) is 35.4 Å².